The Morgan fingerprint density at radius 3 is 2.21 bits per heavy atom. The first kappa shape index (κ1) is 24.5. The largest absolute Gasteiger partial charge is 0.370 e. The van der Waals surface area contributed by atoms with Gasteiger partial charge in [-0.1, -0.05) is 78.9 Å². The molecule has 5 aromatic carbocycles. The van der Waals surface area contributed by atoms with Crippen LogP contribution in [-0.4, -0.2) is 23.1 Å². The lowest BCUT2D eigenvalue weighted by atomic mass is 9.89. The van der Waals surface area contributed by atoms with E-state index >= 15 is 0 Å². The summed E-state index contributed by atoms with van der Waals surface area (Å²) in [4.78, 5) is 12.2. The summed E-state index contributed by atoms with van der Waals surface area (Å²) in [5, 5.41) is 15.8. The summed E-state index contributed by atoms with van der Waals surface area (Å²) in [5.41, 5.74) is 9.12. The molecule has 3 heterocycles. The summed E-state index contributed by atoms with van der Waals surface area (Å²) in [6, 6.07) is 38.9. The van der Waals surface area contributed by atoms with Crippen LogP contribution in [0.2, 0.25) is 0 Å². The Morgan fingerprint density at radius 1 is 0.643 bits per heavy atom. The predicted molar refractivity (Wildman–Crippen MR) is 174 cm³/mol. The number of aromatic nitrogens is 2. The fraction of sp³-hybridized carbons (Fsp3) is 0.132. The molecule has 0 radical (unpaired) electrons. The third-order valence-electron chi connectivity index (χ3n) is 8.72. The van der Waals surface area contributed by atoms with Gasteiger partial charge in [-0.05, 0) is 71.2 Å². The van der Waals surface area contributed by atoms with Gasteiger partial charge < -0.3 is 4.90 Å². The van der Waals surface area contributed by atoms with E-state index in [1.807, 2.05) is 18.3 Å². The molecule has 0 unspecified atom stereocenters. The van der Waals surface area contributed by atoms with Crippen LogP contribution in [0.25, 0.3) is 65.7 Å². The molecule has 1 aliphatic heterocycles. The number of hydrogen-bond acceptors (Lipinski definition) is 4. The third-order valence-corrected chi connectivity index (χ3v) is 8.72. The Hall–Kier alpha value is -5.27. The number of rotatable bonds is 3. The van der Waals surface area contributed by atoms with Gasteiger partial charge in [0.2, 0.25) is 0 Å². The van der Waals surface area contributed by atoms with Crippen LogP contribution >= 0.6 is 0 Å². The maximum absolute atomic E-state index is 10.7. The van der Waals surface area contributed by atoms with E-state index in [1.54, 1.807) is 0 Å². The Balaban J connectivity index is 1.42. The first-order valence-electron chi connectivity index (χ1n) is 14.7. The molecule has 4 heteroatoms. The number of piperidine rings is 1. The second kappa shape index (κ2) is 9.98. The quantitative estimate of drug-likeness (QED) is 0.166. The highest BCUT2D eigenvalue weighted by molar-refractivity contribution is 6.19. The molecular weight excluding hydrogens is 512 g/mol. The number of nitrogens with zero attached hydrogens (tertiary/aromatic N) is 4. The van der Waals surface area contributed by atoms with E-state index in [2.05, 4.69) is 107 Å². The number of hydrogen-bond donors (Lipinski definition) is 0. The van der Waals surface area contributed by atoms with Crippen molar-refractivity contribution in [3.05, 3.63) is 115 Å². The van der Waals surface area contributed by atoms with Crippen molar-refractivity contribution in [3.63, 3.8) is 0 Å². The van der Waals surface area contributed by atoms with Gasteiger partial charge in [0.1, 0.15) is 6.07 Å². The number of pyridine rings is 2. The molecule has 1 fully saturated rings. The smallest absolute Gasteiger partial charge is 0.102 e. The molecule has 200 valence electrons. The molecule has 7 aromatic rings. The molecule has 0 amide bonds. The van der Waals surface area contributed by atoms with Crippen molar-refractivity contribution in [1.82, 2.24) is 9.97 Å². The van der Waals surface area contributed by atoms with Gasteiger partial charge in [0.05, 0.1) is 27.8 Å². The van der Waals surface area contributed by atoms with E-state index in [0.29, 0.717) is 0 Å². The van der Waals surface area contributed by atoms with Gasteiger partial charge in [-0.2, -0.15) is 5.26 Å². The number of benzene rings is 5. The second-order valence-corrected chi connectivity index (χ2v) is 11.2. The zero-order valence-corrected chi connectivity index (χ0v) is 23.2. The van der Waals surface area contributed by atoms with Gasteiger partial charge in [-0.3, -0.25) is 4.98 Å². The van der Waals surface area contributed by atoms with E-state index in [0.717, 1.165) is 91.8 Å². The molecule has 42 heavy (non-hydrogen) atoms. The van der Waals surface area contributed by atoms with Gasteiger partial charge in [-0.15, -0.1) is 0 Å². The van der Waals surface area contributed by atoms with Crippen molar-refractivity contribution in [1.29, 1.82) is 5.26 Å². The normalized spacial score (nSPS) is 13.6. The molecule has 0 saturated carbocycles. The highest BCUT2D eigenvalue weighted by atomic mass is 15.1. The SMILES string of the molecule is N#Cc1c(N2CCCCC2)cc(-c2ccc(-c3ccccc3)cc2)c2ccc3nc4c(ccc5cccnc54)cc3c12. The maximum Gasteiger partial charge on any atom is 0.102 e. The molecule has 0 N–H and O–H groups in total. The molecule has 1 aliphatic rings. The number of nitriles is 1. The van der Waals surface area contributed by atoms with Crippen molar-refractivity contribution < 1.29 is 0 Å². The minimum atomic E-state index is 0.738. The first-order valence-corrected chi connectivity index (χ1v) is 14.7. The molecule has 0 bridgehead atoms. The van der Waals surface area contributed by atoms with Crippen LogP contribution < -0.4 is 4.90 Å². The van der Waals surface area contributed by atoms with Crippen LogP contribution in [0.1, 0.15) is 24.8 Å². The number of anilines is 1. The van der Waals surface area contributed by atoms with Crippen molar-refractivity contribution in [2.45, 2.75) is 19.3 Å². The highest BCUT2D eigenvalue weighted by Gasteiger charge is 2.22. The van der Waals surface area contributed by atoms with Crippen molar-refractivity contribution in [2.75, 3.05) is 18.0 Å². The molecular formula is C38H28N4. The Bertz CT molecular complexity index is 2170. The molecule has 0 atom stereocenters. The van der Waals surface area contributed by atoms with Crippen LogP contribution in [0.3, 0.4) is 0 Å². The fourth-order valence-electron chi connectivity index (χ4n) is 6.62. The zero-order valence-electron chi connectivity index (χ0n) is 23.2. The third kappa shape index (κ3) is 3.97. The van der Waals surface area contributed by atoms with Crippen molar-refractivity contribution in [3.8, 4) is 28.3 Å². The van der Waals surface area contributed by atoms with E-state index in [4.69, 9.17) is 4.98 Å². The monoisotopic (exact) mass is 540 g/mol. The summed E-state index contributed by atoms with van der Waals surface area (Å²) in [7, 11) is 0. The zero-order chi connectivity index (χ0) is 28.0. The summed E-state index contributed by atoms with van der Waals surface area (Å²) in [6.07, 6.45) is 5.35. The fourth-order valence-corrected chi connectivity index (χ4v) is 6.62. The Labute approximate surface area is 244 Å². The van der Waals surface area contributed by atoms with Gasteiger partial charge in [0.15, 0.2) is 0 Å². The van der Waals surface area contributed by atoms with Crippen molar-refractivity contribution in [2.24, 2.45) is 0 Å². The van der Waals surface area contributed by atoms with Crippen LogP contribution in [0.5, 0.6) is 0 Å². The first-order chi connectivity index (χ1) is 20.8. The van der Waals surface area contributed by atoms with Crippen LogP contribution in [0, 0.1) is 11.3 Å². The van der Waals surface area contributed by atoms with Crippen LogP contribution in [-0.2, 0) is 0 Å². The summed E-state index contributed by atoms with van der Waals surface area (Å²) >= 11 is 0. The van der Waals surface area contributed by atoms with Gasteiger partial charge >= 0.3 is 0 Å². The highest BCUT2D eigenvalue weighted by Crippen LogP contribution is 2.42. The lowest BCUT2D eigenvalue weighted by Crippen LogP contribution is -2.30. The van der Waals surface area contributed by atoms with Gasteiger partial charge in [0.25, 0.3) is 0 Å². The Kier molecular flexibility index (Phi) is 5.82. The Morgan fingerprint density at radius 2 is 1.40 bits per heavy atom. The average molecular weight is 541 g/mol. The van der Waals surface area contributed by atoms with Gasteiger partial charge in [-0.25, -0.2) is 4.98 Å². The van der Waals surface area contributed by atoms with Crippen LogP contribution in [0.4, 0.5) is 5.69 Å². The minimum absolute atomic E-state index is 0.738. The van der Waals surface area contributed by atoms with E-state index < -0.39 is 0 Å². The average Bonchev–Trinajstić information content (AvgIpc) is 3.07. The summed E-state index contributed by atoms with van der Waals surface area (Å²) in [6.45, 7) is 1.94. The van der Waals surface area contributed by atoms with Crippen LogP contribution in [0.15, 0.2) is 109 Å². The lowest BCUT2D eigenvalue weighted by molar-refractivity contribution is 0.578. The van der Waals surface area contributed by atoms with Gasteiger partial charge in [0, 0.05) is 40.8 Å². The second-order valence-electron chi connectivity index (χ2n) is 11.2. The molecule has 0 aliphatic carbocycles. The minimum Gasteiger partial charge on any atom is -0.370 e. The summed E-state index contributed by atoms with van der Waals surface area (Å²) in [5.74, 6) is 0. The lowest BCUT2D eigenvalue weighted by Gasteiger charge is -2.31. The molecule has 4 nitrogen and oxygen atoms in total. The van der Waals surface area contributed by atoms with Crippen molar-refractivity contribution >= 4 is 49.2 Å². The molecule has 1 saturated heterocycles. The predicted octanol–water partition coefficient (Wildman–Crippen LogP) is 9.29. The standard InChI is InChI=1S/C38H28N4/c39-24-33-35(42-20-5-2-6-21-42)23-31(27-13-11-26(12-14-27)25-8-3-1-4-9-25)30-17-18-34-32(36(30)33)22-29-16-15-28-10-7-19-40-37(28)38(29)41-34/h1,3-4,7-19,22-23H,2,5-6,20-21H2. The van der Waals surface area contributed by atoms with E-state index in [1.165, 1.54) is 17.5 Å². The molecule has 0 spiro atoms. The summed E-state index contributed by atoms with van der Waals surface area (Å²) < 4.78 is 0. The molecule has 8 rings (SSSR count). The topological polar surface area (TPSA) is 52.8 Å². The number of fused-ring (bicyclic) bond motifs is 6. The molecule has 2 aromatic heterocycles. The van der Waals surface area contributed by atoms with E-state index in [-0.39, 0.29) is 0 Å². The maximum atomic E-state index is 10.7. The van der Waals surface area contributed by atoms with E-state index in [9.17, 15) is 5.26 Å².